The third-order valence-electron chi connectivity index (χ3n) is 4.99. The van der Waals surface area contributed by atoms with Gasteiger partial charge in [-0.25, -0.2) is 4.98 Å². The summed E-state index contributed by atoms with van der Waals surface area (Å²) < 4.78 is 45.7. The number of thiazole rings is 1. The molecule has 0 spiro atoms. The second kappa shape index (κ2) is 8.52. The molecular weight excluding hydrogens is 405 g/mol. The number of carbonyl (C=O) groups is 2. The van der Waals surface area contributed by atoms with Crippen LogP contribution in [0.4, 0.5) is 13.2 Å². The third kappa shape index (κ3) is 4.44. The molecular formula is C20H21F3N2O3S. The standard InChI is InChI=1S/C20H21F3N2O3S/c1-3-13-6-4-5-11-25(13)19(27)15(26)16-17(20(21,22)23)24-18(29-16)12-7-9-14(28-2)10-8-12/h7-10,13H,3-6,11H2,1-2H3. The molecule has 5 nitrogen and oxygen atoms in total. The summed E-state index contributed by atoms with van der Waals surface area (Å²) >= 11 is 0.593. The highest BCUT2D eigenvalue weighted by molar-refractivity contribution is 7.17. The van der Waals surface area contributed by atoms with Crippen LogP contribution in [0.15, 0.2) is 24.3 Å². The monoisotopic (exact) mass is 426 g/mol. The van der Waals surface area contributed by atoms with Gasteiger partial charge in [-0.15, -0.1) is 11.3 Å². The Hall–Kier alpha value is -2.42. The van der Waals surface area contributed by atoms with Gasteiger partial charge < -0.3 is 9.64 Å². The number of hydrogen-bond donors (Lipinski definition) is 0. The second-order valence-corrected chi connectivity index (χ2v) is 7.81. The number of nitrogens with zero attached hydrogens (tertiary/aromatic N) is 2. The number of Topliss-reactive ketones (excluding diaryl/α,β-unsaturated/α-hetero) is 1. The van der Waals surface area contributed by atoms with Crippen molar-refractivity contribution in [3.8, 4) is 16.3 Å². The largest absolute Gasteiger partial charge is 0.497 e. The fraction of sp³-hybridized carbons (Fsp3) is 0.450. The Bertz CT molecular complexity index is 893. The number of ketones is 1. The Morgan fingerprint density at radius 1 is 1.24 bits per heavy atom. The molecule has 1 aromatic heterocycles. The Kier molecular flexibility index (Phi) is 6.26. The summed E-state index contributed by atoms with van der Waals surface area (Å²) in [6.45, 7) is 2.28. The van der Waals surface area contributed by atoms with E-state index in [1.807, 2.05) is 6.92 Å². The zero-order valence-electron chi connectivity index (χ0n) is 16.1. The lowest BCUT2D eigenvalue weighted by Crippen LogP contribution is -2.46. The average molecular weight is 426 g/mol. The van der Waals surface area contributed by atoms with E-state index in [9.17, 15) is 22.8 Å². The zero-order valence-corrected chi connectivity index (χ0v) is 16.9. The number of amides is 1. The number of carbonyl (C=O) groups excluding carboxylic acids is 2. The van der Waals surface area contributed by atoms with Gasteiger partial charge in [0.05, 0.1) is 7.11 Å². The van der Waals surface area contributed by atoms with Crippen LogP contribution in [0.2, 0.25) is 0 Å². The fourth-order valence-electron chi connectivity index (χ4n) is 3.44. The van der Waals surface area contributed by atoms with E-state index in [-0.39, 0.29) is 11.0 Å². The SMILES string of the molecule is CCC1CCCCN1C(=O)C(=O)c1sc(-c2ccc(OC)cc2)nc1C(F)(F)F. The van der Waals surface area contributed by atoms with Crippen molar-refractivity contribution in [2.45, 2.75) is 44.8 Å². The highest BCUT2D eigenvalue weighted by Gasteiger charge is 2.42. The first-order valence-electron chi connectivity index (χ1n) is 9.34. The highest BCUT2D eigenvalue weighted by atomic mass is 32.1. The molecule has 1 unspecified atom stereocenters. The summed E-state index contributed by atoms with van der Waals surface area (Å²) in [5, 5.41) is 0.0295. The number of rotatable bonds is 5. The van der Waals surface area contributed by atoms with E-state index in [0.29, 0.717) is 35.6 Å². The number of ether oxygens (including phenoxy) is 1. The van der Waals surface area contributed by atoms with Gasteiger partial charge in [-0.3, -0.25) is 9.59 Å². The van der Waals surface area contributed by atoms with E-state index < -0.39 is 28.4 Å². The van der Waals surface area contributed by atoms with Crippen molar-refractivity contribution >= 4 is 23.0 Å². The van der Waals surface area contributed by atoms with Crippen molar-refractivity contribution in [2.75, 3.05) is 13.7 Å². The van der Waals surface area contributed by atoms with Gasteiger partial charge in [0.1, 0.15) is 15.6 Å². The molecule has 0 radical (unpaired) electrons. The predicted octanol–water partition coefficient (Wildman–Crippen LogP) is 4.81. The maximum atomic E-state index is 13.6. The van der Waals surface area contributed by atoms with Crippen LogP contribution in [0.25, 0.3) is 10.6 Å². The van der Waals surface area contributed by atoms with E-state index in [2.05, 4.69) is 4.98 Å². The minimum Gasteiger partial charge on any atom is -0.497 e. The number of methoxy groups -OCH3 is 1. The Labute approximate surface area is 170 Å². The molecule has 0 N–H and O–H groups in total. The van der Waals surface area contributed by atoms with Crippen LogP contribution < -0.4 is 4.74 Å². The van der Waals surface area contributed by atoms with E-state index in [1.165, 1.54) is 12.0 Å². The van der Waals surface area contributed by atoms with Gasteiger partial charge in [0, 0.05) is 18.2 Å². The third-order valence-corrected chi connectivity index (χ3v) is 6.10. The first-order valence-corrected chi connectivity index (χ1v) is 10.2. The number of halogens is 3. The van der Waals surface area contributed by atoms with Crippen LogP contribution in [0.3, 0.4) is 0 Å². The van der Waals surface area contributed by atoms with Crippen molar-refractivity contribution < 1.29 is 27.5 Å². The summed E-state index contributed by atoms with van der Waals surface area (Å²) in [4.78, 5) is 29.9. The van der Waals surface area contributed by atoms with Gasteiger partial charge in [0.25, 0.3) is 11.7 Å². The predicted molar refractivity (Wildman–Crippen MR) is 103 cm³/mol. The molecule has 1 aliphatic rings. The summed E-state index contributed by atoms with van der Waals surface area (Å²) in [7, 11) is 1.48. The minimum absolute atomic E-state index is 0.0295. The van der Waals surface area contributed by atoms with Gasteiger partial charge >= 0.3 is 6.18 Å². The maximum absolute atomic E-state index is 13.6. The molecule has 1 fully saturated rings. The molecule has 2 heterocycles. The van der Waals surface area contributed by atoms with Crippen molar-refractivity contribution in [1.82, 2.24) is 9.88 Å². The number of benzene rings is 1. The lowest BCUT2D eigenvalue weighted by atomic mass is 9.99. The van der Waals surface area contributed by atoms with Crippen LogP contribution in [0, 0.1) is 0 Å². The topological polar surface area (TPSA) is 59.5 Å². The van der Waals surface area contributed by atoms with Gasteiger partial charge in [-0.1, -0.05) is 6.92 Å². The van der Waals surface area contributed by atoms with Crippen molar-refractivity contribution in [3.63, 3.8) is 0 Å². The Morgan fingerprint density at radius 3 is 2.52 bits per heavy atom. The van der Waals surface area contributed by atoms with E-state index >= 15 is 0 Å². The van der Waals surface area contributed by atoms with E-state index in [4.69, 9.17) is 4.74 Å². The Morgan fingerprint density at radius 2 is 1.93 bits per heavy atom. The normalized spacial score (nSPS) is 17.3. The summed E-state index contributed by atoms with van der Waals surface area (Å²) in [5.74, 6) is -1.48. The van der Waals surface area contributed by atoms with Crippen LogP contribution in [0.1, 0.15) is 48.0 Å². The molecule has 156 valence electrons. The number of alkyl halides is 3. The van der Waals surface area contributed by atoms with Crippen molar-refractivity contribution in [3.05, 3.63) is 34.8 Å². The lowest BCUT2D eigenvalue weighted by Gasteiger charge is -2.34. The molecule has 9 heteroatoms. The van der Waals surface area contributed by atoms with Crippen molar-refractivity contribution in [2.24, 2.45) is 0 Å². The molecule has 1 aromatic carbocycles. The fourth-order valence-corrected chi connectivity index (χ4v) is 4.47. The number of hydrogen-bond acceptors (Lipinski definition) is 5. The molecule has 2 aromatic rings. The van der Waals surface area contributed by atoms with Crippen LogP contribution >= 0.6 is 11.3 Å². The molecule has 3 rings (SSSR count). The van der Waals surface area contributed by atoms with Gasteiger partial charge in [0.2, 0.25) is 0 Å². The zero-order chi connectivity index (χ0) is 21.2. The molecule has 0 aliphatic carbocycles. The van der Waals surface area contributed by atoms with Gasteiger partial charge in [-0.05, 0) is 49.9 Å². The molecule has 1 saturated heterocycles. The minimum atomic E-state index is -4.83. The summed E-state index contributed by atoms with van der Waals surface area (Å²) in [6.07, 6.45) is -1.75. The quantitative estimate of drug-likeness (QED) is 0.509. The van der Waals surface area contributed by atoms with E-state index in [0.717, 1.165) is 19.3 Å². The van der Waals surface area contributed by atoms with E-state index in [1.54, 1.807) is 24.3 Å². The van der Waals surface area contributed by atoms with Crippen LogP contribution in [0.5, 0.6) is 5.75 Å². The number of likely N-dealkylation sites (tertiary alicyclic amines) is 1. The molecule has 0 bridgehead atoms. The smallest absolute Gasteiger partial charge is 0.434 e. The molecule has 1 amide bonds. The highest BCUT2D eigenvalue weighted by Crippen LogP contribution is 2.38. The van der Waals surface area contributed by atoms with Gasteiger partial charge in [-0.2, -0.15) is 13.2 Å². The molecule has 29 heavy (non-hydrogen) atoms. The van der Waals surface area contributed by atoms with Crippen LogP contribution in [-0.2, 0) is 11.0 Å². The second-order valence-electron chi connectivity index (χ2n) is 6.81. The summed E-state index contributed by atoms with van der Waals surface area (Å²) in [5.41, 5.74) is -0.895. The molecule has 1 atom stereocenters. The number of aromatic nitrogens is 1. The number of piperidine rings is 1. The first-order chi connectivity index (χ1) is 13.8. The van der Waals surface area contributed by atoms with Crippen molar-refractivity contribution in [1.29, 1.82) is 0 Å². The average Bonchev–Trinajstić information content (AvgIpc) is 3.18. The summed E-state index contributed by atoms with van der Waals surface area (Å²) in [6, 6.07) is 6.19. The molecule has 0 saturated carbocycles. The molecule has 1 aliphatic heterocycles. The van der Waals surface area contributed by atoms with Gasteiger partial charge in [0.15, 0.2) is 5.69 Å². The first kappa shape index (κ1) is 21.3. The Balaban J connectivity index is 1.97. The lowest BCUT2D eigenvalue weighted by molar-refractivity contribution is -0.141. The van der Waals surface area contributed by atoms with Crippen LogP contribution in [-0.4, -0.2) is 41.3 Å². The maximum Gasteiger partial charge on any atom is 0.434 e.